The zero-order valence-corrected chi connectivity index (χ0v) is 14.0. The fraction of sp³-hybridized carbons (Fsp3) is 0.176. The van der Waals surface area contributed by atoms with Crippen molar-refractivity contribution in [1.29, 1.82) is 0 Å². The quantitative estimate of drug-likeness (QED) is 0.533. The van der Waals surface area contributed by atoms with Crippen molar-refractivity contribution in [2.75, 3.05) is 13.7 Å². The molecule has 0 saturated heterocycles. The molecule has 3 aromatic rings. The number of carbonyl (C=O) groups excluding carboxylic acids is 1. The van der Waals surface area contributed by atoms with Gasteiger partial charge in [-0.25, -0.2) is 14.8 Å². The molecule has 0 aromatic carbocycles. The molecule has 0 bridgehead atoms. The highest BCUT2D eigenvalue weighted by Gasteiger charge is 2.24. The van der Waals surface area contributed by atoms with E-state index >= 15 is 0 Å². The van der Waals surface area contributed by atoms with Crippen LogP contribution in [0.15, 0.2) is 35.3 Å². The van der Waals surface area contributed by atoms with Gasteiger partial charge in [0.05, 0.1) is 24.8 Å². The number of aromatic nitrogens is 3. The van der Waals surface area contributed by atoms with Gasteiger partial charge in [0.15, 0.2) is 11.2 Å². The van der Waals surface area contributed by atoms with Gasteiger partial charge in [-0.2, -0.15) is 0 Å². The summed E-state index contributed by atoms with van der Waals surface area (Å²) in [4.78, 5) is 32.4. The van der Waals surface area contributed by atoms with Crippen molar-refractivity contribution in [2.24, 2.45) is 0 Å². The molecule has 0 fully saturated rings. The Morgan fingerprint density at radius 3 is 2.81 bits per heavy atom. The molecule has 0 aliphatic heterocycles. The van der Waals surface area contributed by atoms with Gasteiger partial charge >= 0.3 is 11.5 Å². The normalized spacial score (nSPS) is 10.7. The largest absolute Gasteiger partial charge is 0.506 e. The second kappa shape index (κ2) is 6.71. The monoisotopic (exact) mass is 357 g/mol. The molecule has 0 saturated carbocycles. The summed E-state index contributed by atoms with van der Waals surface area (Å²) in [5.74, 6) is -1.28. The molecule has 0 aliphatic carbocycles. The van der Waals surface area contributed by atoms with Crippen molar-refractivity contribution < 1.29 is 24.6 Å². The third kappa shape index (κ3) is 2.79. The van der Waals surface area contributed by atoms with Crippen LogP contribution in [0, 0.1) is 0 Å². The molecule has 9 heteroatoms. The SMILES string of the molecule is CCOC(=O)c1c(O)c2cc(-c3cccc(OC)n3)cnc2n(O)c1=O. The van der Waals surface area contributed by atoms with Crippen LogP contribution in [0.1, 0.15) is 17.3 Å². The summed E-state index contributed by atoms with van der Waals surface area (Å²) in [7, 11) is 1.48. The maximum atomic E-state index is 12.1. The summed E-state index contributed by atoms with van der Waals surface area (Å²) in [5, 5.41) is 20.4. The highest BCUT2D eigenvalue weighted by atomic mass is 16.5. The fourth-order valence-corrected chi connectivity index (χ4v) is 2.46. The van der Waals surface area contributed by atoms with E-state index in [1.165, 1.54) is 19.4 Å². The Morgan fingerprint density at radius 1 is 1.35 bits per heavy atom. The first-order chi connectivity index (χ1) is 12.5. The molecule has 0 unspecified atom stereocenters. The summed E-state index contributed by atoms with van der Waals surface area (Å²) >= 11 is 0. The van der Waals surface area contributed by atoms with E-state index in [1.807, 2.05) is 0 Å². The smallest absolute Gasteiger partial charge is 0.347 e. The van der Waals surface area contributed by atoms with Gasteiger partial charge < -0.3 is 19.8 Å². The zero-order chi connectivity index (χ0) is 18.8. The number of esters is 1. The van der Waals surface area contributed by atoms with Crippen LogP contribution in [-0.2, 0) is 4.74 Å². The maximum Gasteiger partial charge on any atom is 0.347 e. The molecule has 3 rings (SSSR count). The molecule has 26 heavy (non-hydrogen) atoms. The van der Waals surface area contributed by atoms with Gasteiger partial charge in [0.1, 0.15) is 5.75 Å². The van der Waals surface area contributed by atoms with Gasteiger partial charge in [-0.1, -0.05) is 6.07 Å². The lowest BCUT2D eigenvalue weighted by Gasteiger charge is -2.10. The average Bonchev–Trinajstić information content (AvgIpc) is 2.66. The fourth-order valence-electron chi connectivity index (χ4n) is 2.46. The number of nitrogens with zero attached hydrogens (tertiary/aromatic N) is 3. The number of hydrogen-bond donors (Lipinski definition) is 2. The van der Waals surface area contributed by atoms with Crippen LogP contribution in [0.4, 0.5) is 0 Å². The van der Waals surface area contributed by atoms with Crippen molar-refractivity contribution in [2.45, 2.75) is 6.92 Å². The molecule has 0 aliphatic rings. The topological polar surface area (TPSA) is 124 Å². The summed E-state index contributed by atoms with van der Waals surface area (Å²) in [6.45, 7) is 1.56. The highest BCUT2D eigenvalue weighted by molar-refractivity contribution is 5.99. The average molecular weight is 357 g/mol. The van der Waals surface area contributed by atoms with Gasteiger partial charge in [-0.15, -0.1) is 4.73 Å². The van der Waals surface area contributed by atoms with Gasteiger partial charge in [0.25, 0.3) is 0 Å². The van der Waals surface area contributed by atoms with E-state index in [1.54, 1.807) is 25.1 Å². The molecule has 3 heterocycles. The van der Waals surface area contributed by atoms with E-state index in [4.69, 9.17) is 9.47 Å². The lowest BCUT2D eigenvalue weighted by molar-refractivity contribution is 0.0515. The summed E-state index contributed by atoms with van der Waals surface area (Å²) in [6.07, 6.45) is 1.37. The number of fused-ring (bicyclic) bond motifs is 1. The van der Waals surface area contributed by atoms with Crippen LogP contribution >= 0.6 is 0 Å². The molecular weight excluding hydrogens is 342 g/mol. The first-order valence-electron chi connectivity index (χ1n) is 7.63. The molecule has 3 aromatic heterocycles. The summed E-state index contributed by atoms with van der Waals surface area (Å²) < 4.78 is 10.0. The number of hydrogen-bond acceptors (Lipinski definition) is 8. The Balaban J connectivity index is 2.26. The second-order valence-electron chi connectivity index (χ2n) is 5.22. The van der Waals surface area contributed by atoms with Crippen LogP contribution in [0.3, 0.4) is 0 Å². The van der Waals surface area contributed by atoms with Gasteiger partial charge in [0.2, 0.25) is 5.88 Å². The number of rotatable bonds is 4. The standard InChI is InChI=1S/C17H15N3O6/c1-3-26-17(23)13-14(21)10-7-9(8-18-15(10)20(24)16(13)22)11-5-4-6-12(19-11)25-2/h4-8,21,24H,3H2,1-2H3. The minimum atomic E-state index is -1.12. The number of aromatic hydroxyl groups is 1. The Hall–Kier alpha value is -3.62. The molecule has 2 N–H and O–H groups in total. The Labute approximate surface area is 147 Å². The molecule has 0 amide bonds. The second-order valence-corrected chi connectivity index (χ2v) is 5.22. The first kappa shape index (κ1) is 17.2. The van der Waals surface area contributed by atoms with E-state index in [-0.39, 0.29) is 22.4 Å². The van der Waals surface area contributed by atoms with Crippen LogP contribution < -0.4 is 10.3 Å². The Morgan fingerprint density at radius 2 is 2.12 bits per heavy atom. The van der Waals surface area contributed by atoms with Crippen LogP contribution in [0.5, 0.6) is 11.6 Å². The predicted molar refractivity (Wildman–Crippen MR) is 90.6 cm³/mol. The van der Waals surface area contributed by atoms with Gasteiger partial charge in [-0.05, 0) is 19.1 Å². The minimum Gasteiger partial charge on any atom is -0.506 e. The third-order valence-corrected chi connectivity index (χ3v) is 3.67. The third-order valence-electron chi connectivity index (χ3n) is 3.67. The van der Waals surface area contributed by atoms with E-state index in [2.05, 4.69) is 9.97 Å². The molecular formula is C17H15N3O6. The number of carbonyl (C=O) groups is 1. The van der Waals surface area contributed by atoms with Crippen molar-refractivity contribution in [3.63, 3.8) is 0 Å². The summed E-state index contributed by atoms with van der Waals surface area (Å²) in [6, 6.07) is 6.54. The number of methoxy groups -OCH3 is 1. The Bertz CT molecular complexity index is 1060. The van der Waals surface area contributed by atoms with Crippen LogP contribution in [0.2, 0.25) is 0 Å². The molecule has 0 atom stereocenters. The predicted octanol–water partition coefficient (Wildman–Crippen LogP) is 1.59. The zero-order valence-electron chi connectivity index (χ0n) is 14.0. The van der Waals surface area contributed by atoms with Crippen molar-refractivity contribution in [3.8, 4) is 22.9 Å². The van der Waals surface area contributed by atoms with E-state index in [0.29, 0.717) is 17.1 Å². The first-order valence-corrected chi connectivity index (χ1v) is 7.63. The Kier molecular flexibility index (Phi) is 4.44. The van der Waals surface area contributed by atoms with Crippen molar-refractivity contribution in [1.82, 2.24) is 14.7 Å². The number of pyridine rings is 3. The molecule has 0 radical (unpaired) electrons. The summed E-state index contributed by atoms with van der Waals surface area (Å²) in [5.41, 5.74) is -1.01. The van der Waals surface area contributed by atoms with Crippen molar-refractivity contribution >= 4 is 17.0 Å². The molecule has 134 valence electrons. The number of ether oxygens (including phenoxy) is 2. The van der Waals surface area contributed by atoms with E-state index < -0.39 is 22.8 Å². The van der Waals surface area contributed by atoms with Crippen LogP contribution in [0.25, 0.3) is 22.3 Å². The van der Waals surface area contributed by atoms with Crippen molar-refractivity contribution in [3.05, 3.63) is 46.4 Å². The molecule has 9 nitrogen and oxygen atoms in total. The lowest BCUT2D eigenvalue weighted by Crippen LogP contribution is -2.27. The molecule has 0 spiro atoms. The van der Waals surface area contributed by atoms with Crippen LogP contribution in [-0.4, -0.2) is 44.7 Å². The van der Waals surface area contributed by atoms with E-state index in [0.717, 1.165) is 0 Å². The lowest BCUT2D eigenvalue weighted by atomic mass is 10.1. The highest BCUT2D eigenvalue weighted by Crippen LogP contribution is 2.29. The van der Waals surface area contributed by atoms with Gasteiger partial charge in [0, 0.05) is 17.8 Å². The van der Waals surface area contributed by atoms with Gasteiger partial charge in [-0.3, -0.25) is 4.79 Å². The van der Waals surface area contributed by atoms with E-state index in [9.17, 15) is 19.9 Å². The maximum absolute atomic E-state index is 12.1. The minimum absolute atomic E-state index is 0.00253.